The molecule has 0 radical (unpaired) electrons. The van der Waals surface area contributed by atoms with Crippen LogP contribution in [0.5, 0.6) is 0 Å². The molecule has 0 saturated heterocycles. The highest BCUT2D eigenvalue weighted by atomic mass is 16.5. The highest BCUT2D eigenvalue weighted by molar-refractivity contribution is 5.97. The second-order valence-electron chi connectivity index (χ2n) is 5.00. The summed E-state index contributed by atoms with van der Waals surface area (Å²) in [7, 11) is 0. The van der Waals surface area contributed by atoms with Crippen molar-refractivity contribution in [2.45, 2.75) is 45.6 Å². The lowest BCUT2D eigenvalue weighted by atomic mass is 9.81. The van der Waals surface area contributed by atoms with Gasteiger partial charge in [0.25, 0.3) is 0 Å². The first-order valence-electron chi connectivity index (χ1n) is 6.19. The average Bonchev–Trinajstić information content (AvgIpc) is 2.27. The maximum atomic E-state index is 11.8. The van der Waals surface area contributed by atoms with Crippen molar-refractivity contribution < 1.29 is 9.53 Å². The maximum absolute atomic E-state index is 11.8. The van der Waals surface area contributed by atoms with Gasteiger partial charge in [0.1, 0.15) is 11.9 Å². The molecule has 0 saturated carbocycles. The minimum atomic E-state index is 0.206. The summed E-state index contributed by atoms with van der Waals surface area (Å²) in [5, 5.41) is 0. The van der Waals surface area contributed by atoms with Gasteiger partial charge < -0.3 is 4.74 Å². The van der Waals surface area contributed by atoms with E-state index in [1.54, 1.807) is 0 Å². The molecule has 2 heteroatoms. The summed E-state index contributed by atoms with van der Waals surface area (Å²) in [6.07, 6.45) is 5.67. The summed E-state index contributed by atoms with van der Waals surface area (Å²) in [4.78, 5) is 11.8. The maximum Gasteiger partial charge on any atom is 0.162 e. The molecule has 2 aliphatic rings. The van der Waals surface area contributed by atoms with E-state index in [1.165, 1.54) is 0 Å². The van der Waals surface area contributed by atoms with Crippen molar-refractivity contribution in [3.8, 4) is 0 Å². The van der Waals surface area contributed by atoms with Gasteiger partial charge >= 0.3 is 0 Å². The Balaban J connectivity index is 2.23. The van der Waals surface area contributed by atoms with E-state index in [9.17, 15) is 4.79 Å². The molecule has 0 fully saturated rings. The Morgan fingerprint density at radius 3 is 2.94 bits per heavy atom. The van der Waals surface area contributed by atoms with E-state index in [2.05, 4.69) is 20.4 Å². The van der Waals surface area contributed by atoms with Gasteiger partial charge in [-0.15, -0.1) is 6.58 Å². The highest BCUT2D eigenvalue weighted by Crippen LogP contribution is 2.38. The molecule has 1 aliphatic carbocycles. The van der Waals surface area contributed by atoms with Crippen LogP contribution in [0.1, 0.15) is 39.5 Å². The van der Waals surface area contributed by atoms with Crippen LogP contribution in [0, 0.1) is 11.8 Å². The topological polar surface area (TPSA) is 26.3 Å². The molecule has 88 valence electrons. The van der Waals surface area contributed by atoms with Crippen LogP contribution in [0.2, 0.25) is 0 Å². The fourth-order valence-corrected chi connectivity index (χ4v) is 2.68. The number of carbonyl (C=O) groups excluding carboxylic acids is 1. The lowest BCUT2D eigenvalue weighted by molar-refractivity contribution is -0.118. The molecule has 0 bridgehead atoms. The van der Waals surface area contributed by atoms with Crippen molar-refractivity contribution in [2.75, 3.05) is 0 Å². The molecule has 0 aromatic rings. The number of hydrogen-bond donors (Lipinski definition) is 0. The minimum Gasteiger partial charge on any atom is -0.494 e. The Bertz CT molecular complexity index is 341. The van der Waals surface area contributed by atoms with E-state index in [4.69, 9.17) is 4.74 Å². The summed E-state index contributed by atoms with van der Waals surface area (Å²) in [5.41, 5.74) is 0.971. The normalized spacial score (nSPS) is 31.8. The van der Waals surface area contributed by atoms with Gasteiger partial charge in [-0.05, 0) is 18.8 Å². The Morgan fingerprint density at radius 1 is 1.50 bits per heavy atom. The zero-order valence-electron chi connectivity index (χ0n) is 10.2. The first kappa shape index (κ1) is 11.4. The Hall–Kier alpha value is -1.05. The van der Waals surface area contributed by atoms with Gasteiger partial charge in [0.2, 0.25) is 0 Å². The lowest BCUT2D eigenvalue weighted by Crippen LogP contribution is -2.33. The molecule has 0 N–H and O–H groups in total. The molecule has 1 aliphatic heterocycles. The zero-order valence-corrected chi connectivity index (χ0v) is 10.2. The molecule has 0 aromatic heterocycles. The molecule has 2 rings (SSSR count). The monoisotopic (exact) mass is 220 g/mol. The molecule has 3 unspecified atom stereocenters. The molecular formula is C14H20O2. The standard InChI is InChI=1S/C14H20O2/c1-4-9(2)13-8-10(3)14-11(15)6-5-7-12(14)16-13/h4,9-10,13H,1,5-8H2,2-3H3. The number of hydrogen-bond acceptors (Lipinski definition) is 2. The summed E-state index contributed by atoms with van der Waals surface area (Å²) in [6, 6.07) is 0. The molecule has 1 heterocycles. The van der Waals surface area contributed by atoms with Crippen LogP contribution in [-0.4, -0.2) is 11.9 Å². The van der Waals surface area contributed by atoms with E-state index < -0.39 is 0 Å². The quantitative estimate of drug-likeness (QED) is 0.668. The van der Waals surface area contributed by atoms with E-state index in [0.717, 1.165) is 30.6 Å². The molecule has 3 atom stereocenters. The van der Waals surface area contributed by atoms with Crippen LogP contribution in [0.25, 0.3) is 0 Å². The van der Waals surface area contributed by atoms with Gasteiger partial charge in [-0.3, -0.25) is 4.79 Å². The molecular weight excluding hydrogens is 200 g/mol. The third kappa shape index (κ3) is 1.93. The van der Waals surface area contributed by atoms with Crippen molar-refractivity contribution in [3.05, 3.63) is 24.0 Å². The van der Waals surface area contributed by atoms with Crippen LogP contribution < -0.4 is 0 Å². The summed E-state index contributed by atoms with van der Waals surface area (Å²) >= 11 is 0. The number of carbonyl (C=O) groups is 1. The van der Waals surface area contributed by atoms with Crippen LogP contribution in [0.3, 0.4) is 0 Å². The molecule has 0 aromatic carbocycles. The van der Waals surface area contributed by atoms with Gasteiger partial charge in [0.05, 0.1) is 0 Å². The summed E-state index contributed by atoms with van der Waals surface area (Å²) in [5.74, 6) is 1.98. The fraction of sp³-hybridized carbons (Fsp3) is 0.643. The fourth-order valence-electron chi connectivity index (χ4n) is 2.68. The van der Waals surface area contributed by atoms with E-state index in [0.29, 0.717) is 24.0 Å². The Morgan fingerprint density at radius 2 is 2.25 bits per heavy atom. The molecule has 0 spiro atoms. The van der Waals surface area contributed by atoms with Crippen molar-refractivity contribution in [3.63, 3.8) is 0 Å². The lowest BCUT2D eigenvalue weighted by Gasteiger charge is -2.36. The predicted molar refractivity (Wildman–Crippen MR) is 63.9 cm³/mol. The van der Waals surface area contributed by atoms with Gasteiger partial charge in [-0.25, -0.2) is 0 Å². The van der Waals surface area contributed by atoms with Crippen molar-refractivity contribution in [2.24, 2.45) is 11.8 Å². The SMILES string of the molecule is C=CC(C)C1CC(C)C2=C(CCCC2=O)O1. The Kier molecular flexibility index (Phi) is 3.17. The van der Waals surface area contributed by atoms with E-state index in [-0.39, 0.29) is 6.10 Å². The van der Waals surface area contributed by atoms with Gasteiger partial charge in [-0.2, -0.15) is 0 Å². The third-order valence-electron chi connectivity index (χ3n) is 3.74. The summed E-state index contributed by atoms with van der Waals surface area (Å²) in [6.45, 7) is 8.09. The molecule has 16 heavy (non-hydrogen) atoms. The van der Waals surface area contributed by atoms with E-state index in [1.807, 2.05) is 6.08 Å². The van der Waals surface area contributed by atoms with Crippen LogP contribution in [0.15, 0.2) is 24.0 Å². The second-order valence-corrected chi connectivity index (χ2v) is 5.00. The minimum absolute atomic E-state index is 0.206. The van der Waals surface area contributed by atoms with Crippen LogP contribution >= 0.6 is 0 Å². The molecule has 2 nitrogen and oxygen atoms in total. The largest absolute Gasteiger partial charge is 0.494 e. The number of rotatable bonds is 2. The third-order valence-corrected chi connectivity index (χ3v) is 3.74. The summed E-state index contributed by atoms with van der Waals surface area (Å²) < 4.78 is 5.97. The number of Topliss-reactive ketones (excluding diaryl/α,β-unsaturated/α-hetero) is 1. The first-order valence-corrected chi connectivity index (χ1v) is 6.19. The number of ether oxygens (including phenoxy) is 1. The van der Waals surface area contributed by atoms with Crippen molar-refractivity contribution in [1.29, 1.82) is 0 Å². The number of allylic oxidation sites excluding steroid dienone is 2. The van der Waals surface area contributed by atoms with Crippen LogP contribution in [-0.2, 0) is 9.53 Å². The van der Waals surface area contributed by atoms with Gasteiger partial charge in [-0.1, -0.05) is 19.9 Å². The van der Waals surface area contributed by atoms with E-state index >= 15 is 0 Å². The second kappa shape index (κ2) is 4.44. The van der Waals surface area contributed by atoms with Crippen LogP contribution in [0.4, 0.5) is 0 Å². The van der Waals surface area contributed by atoms with Gasteiger partial charge in [0.15, 0.2) is 5.78 Å². The first-order chi connectivity index (χ1) is 7.63. The van der Waals surface area contributed by atoms with Gasteiger partial charge in [0, 0.05) is 24.3 Å². The molecule has 0 amide bonds. The average molecular weight is 220 g/mol. The zero-order chi connectivity index (χ0) is 11.7. The van der Waals surface area contributed by atoms with Crippen molar-refractivity contribution >= 4 is 5.78 Å². The Labute approximate surface area is 97.4 Å². The van der Waals surface area contributed by atoms with Crippen molar-refractivity contribution in [1.82, 2.24) is 0 Å². The number of ketones is 1. The smallest absolute Gasteiger partial charge is 0.162 e. The predicted octanol–water partition coefficient (Wildman–Crippen LogP) is 3.24. The highest BCUT2D eigenvalue weighted by Gasteiger charge is 2.34.